The summed E-state index contributed by atoms with van der Waals surface area (Å²) in [6.07, 6.45) is -2.05. The summed E-state index contributed by atoms with van der Waals surface area (Å²) in [5.41, 5.74) is 3.01. The molecule has 2 aliphatic rings. The lowest BCUT2D eigenvalue weighted by Crippen LogP contribution is -2.74. The number of halogens is 1. The van der Waals surface area contributed by atoms with Gasteiger partial charge in [-0.1, -0.05) is 102 Å². The van der Waals surface area contributed by atoms with Gasteiger partial charge in [0.15, 0.2) is 0 Å². The molecule has 39 heavy (non-hydrogen) atoms. The number of fused-ring (bicyclic) bond motifs is 1. The number of nitriles is 1. The van der Waals surface area contributed by atoms with Crippen molar-refractivity contribution in [2.45, 2.75) is 119 Å². The second-order valence-electron chi connectivity index (χ2n) is 12.1. The van der Waals surface area contributed by atoms with Crippen LogP contribution < -0.4 is 5.48 Å². The molecule has 1 aromatic rings. The van der Waals surface area contributed by atoms with E-state index in [9.17, 15) is 15.2 Å². The van der Waals surface area contributed by atoms with E-state index in [-0.39, 0.29) is 35.2 Å². The third-order valence-corrected chi connectivity index (χ3v) is 19.7. The van der Waals surface area contributed by atoms with Gasteiger partial charge in [0.05, 0.1) is 41.2 Å². The number of benzene rings is 1. The zero-order valence-electron chi connectivity index (χ0n) is 24.4. The van der Waals surface area contributed by atoms with E-state index >= 15 is 0 Å². The molecule has 11 heteroatoms. The van der Waals surface area contributed by atoms with Crippen molar-refractivity contribution in [1.29, 1.82) is 5.26 Å². The van der Waals surface area contributed by atoms with Crippen LogP contribution in [0.5, 0.6) is 0 Å². The van der Waals surface area contributed by atoms with Crippen LogP contribution in [0, 0.1) is 17.2 Å². The average molecular weight is 642 g/mol. The van der Waals surface area contributed by atoms with E-state index in [1.165, 1.54) is 0 Å². The molecule has 1 saturated heterocycles. The minimum atomic E-state index is -3.08. The van der Waals surface area contributed by atoms with Crippen LogP contribution in [-0.2, 0) is 29.2 Å². The number of aliphatic hydroxyl groups is 1. The molecule has 2 N–H and O–H groups in total. The van der Waals surface area contributed by atoms with Crippen molar-refractivity contribution in [2.75, 3.05) is 0 Å². The van der Waals surface area contributed by atoms with Crippen molar-refractivity contribution < 1.29 is 27.7 Å². The lowest BCUT2D eigenvalue weighted by atomic mass is 9.68. The van der Waals surface area contributed by atoms with Gasteiger partial charge in [0, 0.05) is 6.42 Å². The summed E-state index contributed by atoms with van der Waals surface area (Å²) in [7, 11) is -6.10. The van der Waals surface area contributed by atoms with Crippen molar-refractivity contribution in [3.05, 3.63) is 35.9 Å². The Morgan fingerprint density at radius 1 is 1.05 bits per heavy atom. The quantitative estimate of drug-likeness (QED) is 0.146. The lowest BCUT2D eigenvalue weighted by Gasteiger charge is -2.54. The molecule has 6 unspecified atom stereocenters. The van der Waals surface area contributed by atoms with Crippen LogP contribution in [0.2, 0.25) is 22.2 Å². The van der Waals surface area contributed by atoms with Gasteiger partial charge in [-0.3, -0.25) is 4.84 Å². The fourth-order valence-electron chi connectivity index (χ4n) is 6.23. The van der Waals surface area contributed by atoms with Gasteiger partial charge in [0.1, 0.15) is 12.4 Å². The molecule has 1 aromatic carbocycles. The molecule has 1 heterocycles. The molecule has 0 bridgehead atoms. The first-order valence-electron chi connectivity index (χ1n) is 14.0. The Hall–Kier alpha value is -0.946. The van der Waals surface area contributed by atoms with Gasteiger partial charge in [-0.05, 0) is 27.7 Å². The first kappa shape index (κ1) is 32.6. The maximum absolute atomic E-state index is 12.3. The fourth-order valence-corrected chi connectivity index (χ4v) is 18.5. The molecule has 3 rings (SSSR count). The number of hydrogen-bond acceptors (Lipinski definition) is 8. The number of carbonyl (C=O) groups is 1. The first-order valence-corrected chi connectivity index (χ1v) is 18.8. The average Bonchev–Trinajstić information content (AvgIpc) is 3.06. The smallest absolute Gasteiger partial charge is 0.335 e. The van der Waals surface area contributed by atoms with Gasteiger partial charge in [0.2, 0.25) is 0 Å². The molecule has 0 aromatic heterocycles. The highest BCUT2D eigenvalue weighted by atomic mass is 79.9. The van der Waals surface area contributed by atoms with Gasteiger partial charge in [-0.15, -0.1) is 0 Å². The van der Waals surface area contributed by atoms with Crippen LogP contribution in [0.25, 0.3) is 0 Å². The number of carbonyl (C=O) groups excluding carboxylic acids is 1. The highest BCUT2D eigenvalue weighted by Crippen LogP contribution is 2.53. The molecule has 1 aliphatic carbocycles. The number of aldehydes is 1. The second kappa shape index (κ2) is 12.9. The maximum Gasteiger partial charge on any atom is 0.335 e. The van der Waals surface area contributed by atoms with Crippen molar-refractivity contribution in [3.63, 3.8) is 0 Å². The highest BCUT2D eigenvalue weighted by Gasteiger charge is 2.69. The summed E-state index contributed by atoms with van der Waals surface area (Å²) in [5.74, 6) is -0.864. The van der Waals surface area contributed by atoms with Crippen LogP contribution in [0.3, 0.4) is 0 Å². The van der Waals surface area contributed by atoms with Crippen LogP contribution >= 0.6 is 15.9 Å². The second-order valence-corrected chi connectivity index (χ2v) is 22.0. The predicted molar refractivity (Wildman–Crippen MR) is 158 cm³/mol. The topological polar surface area (TPSA) is 110 Å². The van der Waals surface area contributed by atoms with E-state index in [0.717, 1.165) is 11.8 Å². The molecule has 1 aliphatic heterocycles. The SMILES string of the molecule is CC(C)[Si]1(C(C)C)OC2C(O)C(Br)C(C#N)C(CC=O)(NOCc3ccccc3)C2O[Si](C(C)C)(C(C)C)O1. The maximum atomic E-state index is 12.3. The van der Waals surface area contributed by atoms with Gasteiger partial charge < -0.3 is 22.9 Å². The Labute approximate surface area is 244 Å². The van der Waals surface area contributed by atoms with Crippen molar-refractivity contribution in [2.24, 2.45) is 5.92 Å². The lowest BCUT2D eigenvalue weighted by molar-refractivity contribution is -0.168. The number of nitrogens with zero attached hydrogens (tertiary/aromatic N) is 1. The molecule has 218 valence electrons. The third kappa shape index (κ3) is 5.87. The Kier molecular flexibility index (Phi) is 10.8. The molecule has 0 radical (unpaired) electrons. The van der Waals surface area contributed by atoms with E-state index in [4.69, 9.17) is 17.8 Å². The van der Waals surface area contributed by atoms with E-state index in [2.05, 4.69) is 82.9 Å². The number of alkyl halides is 1. The van der Waals surface area contributed by atoms with Gasteiger partial charge >= 0.3 is 17.1 Å². The fraction of sp³-hybridized carbons (Fsp3) is 0.714. The number of hydroxylamine groups is 1. The number of aliphatic hydroxyl groups excluding tert-OH is 1. The van der Waals surface area contributed by atoms with E-state index in [1.807, 2.05) is 30.3 Å². The zero-order valence-corrected chi connectivity index (χ0v) is 28.0. The summed E-state index contributed by atoms with van der Waals surface area (Å²) in [5, 5.41) is 22.1. The molecular formula is C28H45BrN2O6Si2. The molecule has 8 nitrogen and oxygen atoms in total. The molecule has 6 atom stereocenters. The molecule has 2 fully saturated rings. The Morgan fingerprint density at radius 3 is 2.08 bits per heavy atom. The van der Waals surface area contributed by atoms with Crippen LogP contribution in [0.15, 0.2) is 30.3 Å². The van der Waals surface area contributed by atoms with Crippen molar-refractivity contribution in [1.82, 2.24) is 5.48 Å². The summed E-state index contributed by atoms with van der Waals surface area (Å²) >= 11 is 3.61. The molecule has 1 saturated carbocycles. The summed E-state index contributed by atoms with van der Waals surface area (Å²) in [4.78, 5) is 17.7. The van der Waals surface area contributed by atoms with Crippen LogP contribution in [-0.4, -0.2) is 57.2 Å². The molecule has 0 amide bonds. The van der Waals surface area contributed by atoms with Crippen molar-refractivity contribution in [3.8, 4) is 6.07 Å². The predicted octanol–water partition coefficient (Wildman–Crippen LogP) is 5.64. The number of nitrogens with one attached hydrogen (secondary N) is 1. The van der Waals surface area contributed by atoms with Gasteiger partial charge in [0.25, 0.3) is 0 Å². The minimum absolute atomic E-state index is 0.0442. The summed E-state index contributed by atoms with van der Waals surface area (Å²) in [6.45, 7) is 17.1. The standard InChI is InChI=1S/C28H45BrN2O6Si2/c1-18(2)38(19(3)4)35-26-25(33)24(29)23(16-30)28(14-15-32,31-34-17-22-12-10-9-11-13-22)27(26)36-39(37-38,20(5)6)21(7)8/h9-13,15,18-21,23-27,31,33H,14,17H2,1-8H3. The monoisotopic (exact) mass is 640 g/mol. The minimum Gasteiger partial charge on any atom is -0.414 e. The summed E-state index contributed by atoms with van der Waals surface area (Å²) in [6, 6.07) is 12.0. The zero-order chi connectivity index (χ0) is 29.2. The highest BCUT2D eigenvalue weighted by molar-refractivity contribution is 9.09. The van der Waals surface area contributed by atoms with Crippen LogP contribution in [0.1, 0.15) is 67.4 Å². The van der Waals surface area contributed by atoms with E-state index in [1.54, 1.807) is 0 Å². The largest absolute Gasteiger partial charge is 0.414 e. The van der Waals surface area contributed by atoms with Gasteiger partial charge in [-0.25, -0.2) is 0 Å². The first-order chi connectivity index (χ1) is 18.3. The van der Waals surface area contributed by atoms with Crippen molar-refractivity contribution >= 4 is 39.3 Å². The Morgan fingerprint density at radius 2 is 1.59 bits per heavy atom. The van der Waals surface area contributed by atoms with E-state index < -0.39 is 51.7 Å². The number of hydrogen-bond donors (Lipinski definition) is 2. The number of rotatable bonds is 10. The van der Waals surface area contributed by atoms with Crippen LogP contribution in [0.4, 0.5) is 0 Å². The van der Waals surface area contributed by atoms with E-state index in [0.29, 0.717) is 0 Å². The Balaban J connectivity index is 2.23. The molecular weight excluding hydrogens is 596 g/mol. The summed E-state index contributed by atoms with van der Waals surface area (Å²) < 4.78 is 21.5. The molecule has 0 spiro atoms. The Bertz CT molecular complexity index is 992. The van der Waals surface area contributed by atoms with Gasteiger partial charge in [-0.2, -0.15) is 10.7 Å². The normalized spacial score (nSPS) is 32.2. The third-order valence-electron chi connectivity index (χ3n) is 8.42.